The summed E-state index contributed by atoms with van der Waals surface area (Å²) in [5.41, 5.74) is 1.79. The van der Waals surface area contributed by atoms with E-state index < -0.39 is 0 Å². The van der Waals surface area contributed by atoms with E-state index in [4.69, 9.17) is 0 Å². The van der Waals surface area contributed by atoms with Gasteiger partial charge in [0.15, 0.2) is 0 Å². The first-order chi connectivity index (χ1) is 13.4. The minimum absolute atomic E-state index is 0.110. The summed E-state index contributed by atoms with van der Waals surface area (Å²) in [4.78, 5) is 33.7. The van der Waals surface area contributed by atoms with E-state index in [1.54, 1.807) is 0 Å². The standard InChI is InChI=1S/C22H34N4O2/c1-23(2)20-8-4-7-19(16-20)22(28)26-11-5-6-18(17-26)9-10-21(27)25-14-12-24(3)13-15-25/h4,7-8,16,18H,5-6,9-15,17H2,1-3H3. The van der Waals surface area contributed by atoms with Crippen molar-refractivity contribution in [2.24, 2.45) is 5.92 Å². The number of hydrogen-bond donors (Lipinski definition) is 0. The number of piperazine rings is 1. The molecule has 1 unspecified atom stereocenters. The zero-order valence-corrected chi connectivity index (χ0v) is 17.6. The third-order valence-corrected chi connectivity index (χ3v) is 6.04. The maximum Gasteiger partial charge on any atom is 0.253 e. The lowest BCUT2D eigenvalue weighted by Crippen LogP contribution is -2.47. The summed E-state index contributed by atoms with van der Waals surface area (Å²) in [5.74, 6) is 0.806. The van der Waals surface area contributed by atoms with Gasteiger partial charge in [0, 0.05) is 71.0 Å². The van der Waals surface area contributed by atoms with Crippen LogP contribution in [0.1, 0.15) is 36.0 Å². The molecule has 154 valence electrons. The van der Waals surface area contributed by atoms with Crippen molar-refractivity contribution in [3.63, 3.8) is 0 Å². The number of anilines is 1. The summed E-state index contributed by atoms with van der Waals surface area (Å²) in [6.45, 7) is 5.18. The van der Waals surface area contributed by atoms with Crippen LogP contribution in [0.5, 0.6) is 0 Å². The van der Waals surface area contributed by atoms with E-state index in [2.05, 4.69) is 11.9 Å². The van der Waals surface area contributed by atoms with E-state index >= 15 is 0 Å². The molecule has 6 nitrogen and oxygen atoms in total. The second-order valence-corrected chi connectivity index (χ2v) is 8.43. The molecule has 0 spiro atoms. The minimum Gasteiger partial charge on any atom is -0.378 e. The number of likely N-dealkylation sites (N-methyl/N-ethyl adjacent to an activating group) is 1. The Labute approximate surface area is 169 Å². The fourth-order valence-electron chi connectivity index (χ4n) is 4.13. The Morgan fingerprint density at radius 2 is 1.82 bits per heavy atom. The molecule has 0 N–H and O–H groups in total. The Bertz CT molecular complexity index is 683. The number of benzene rings is 1. The number of nitrogens with zero attached hydrogens (tertiary/aromatic N) is 4. The van der Waals surface area contributed by atoms with Crippen LogP contribution in [0.2, 0.25) is 0 Å². The molecule has 2 aliphatic heterocycles. The number of amides is 2. The molecule has 0 aliphatic carbocycles. The second-order valence-electron chi connectivity index (χ2n) is 8.43. The van der Waals surface area contributed by atoms with Gasteiger partial charge in [-0.25, -0.2) is 0 Å². The van der Waals surface area contributed by atoms with Crippen molar-refractivity contribution in [2.75, 3.05) is 65.3 Å². The molecule has 6 heteroatoms. The molecular weight excluding hydrogens is 352 g/mol. The largest absolute Gasteiger partial charge is 0.378 e. The third kappa shape index (κ3) is 5.25. The lowest BCUT2D eigenvalue weighted by molar-refractivity contribution is -0.133. The Morgan fingerprint density at radius 3 is 2.54 bits per heavy atom. The van der Waals surface area contributed by atoms with Crippen LogP contribution in [-0.4, -0.2) is 86.9 Å². The average Bonchev–Trinajstić information content (AvgIpc) is 2.72. The lowest BCUT2D eigenvalue weighted by atomic mass is 9.92. The molecule has 2 fully saturated rings. The van der Waals surface area contributed by atoms with Gasteiger partial charge in [0.1, 0.15) is 0 Å². The van der Waals surface area contributed by atoms with Crippen LogP contribution in [-0.2, 0) is 4.79 Å². The first-order valence-corrected chi connectivity index (χ1v) is 10.5. The summed E-state index contributed by atoms with van der Waals surface area (Å²) >= 11 is 0. The predicted octanol–water partition coefficient (Wildman–Crippen LogP) is 2.16. The summed E-state index contributed by atoms with van der Waals surface area (Å²) in [5, 5.41) is 0. The molecule has 28 heavy (non-hydrogen) atoms. The monoisotopic (exact) mass is 386 g/mol. The average molecular weight is 387 g/mol. The predicted molar refractivity (Wildman–Crippen MR) is 113 cm³/mol. The first-order valence-electron chi connectivity index (χ1n) is 10.5. The molecule has 0 bridgehead atoms. The molecule has 1 aromatic rings. The first kappa shape index (κ1) is 20.6. The maximum atomic E-state index is 13.0. The zero-order valence-electron chi connectivity index (χ0n) is 17.6. The van der Waals surface area contributed by atoms with Crippen molar-refractivity contribution >= 4 is 17.5 Å². The Kier molecular flexibility index (Phi) is 6.94. The van der Waals surface area contributed by atoms with E-state index in [1.165, 1.54) is 0 Å². The number of carbonyl (C=O) groups is 2. The molecule has 0 aromatic heterocycles. The van der Waals surface area contributed by atoms with Gasteiger partial charge in [-0.2, -0.15) is 0 Å². The van der Waals surface area contributed by atoms with Crippen LogP contribution in [0, 0.1) is 5.92 Å². The van der Waals surface area contributed by atoms with Gasteiger partial charge < -0.3 is 19.6 Å². The molecular formula is C22H34N4O2. The van der Waals surface area contributed by atoms with Crippen molar-refractivity contribution in [1.82, 2.24) is 14.7 Å². The van der Waals surface area contributed by atoms with E-state index in [0.29, 0.717) is 12.3 Å². The normalized spacial score (nSPS) is 20.9. The molecule has 2 amide bonds. The molecule has 2 heterocycles. The van der Waals surface area contributed by atoms with Crippen molar-refractivity contribution in [3.05, 3.63) is 29.8 Å². The lowest BCUT2D eigenvalue weighted by Gasteiger charge is -2.35. The topological polar surface area (TPSA) is 47.1 Å². The van der Waals surface area contributed by atoms with Gasteiger partial charge in [-0.15, -0.1) is 0 Å². The van der Waals surface area contributed by atoms with Crippen molar-refractivity contribution in [3.8, 4) is 0 Å². The molecule has 2 saturated heterocycles. The molecule has 2 aliphatic rings. The van der Waals surface area contributed by atoms with Crippen molar-refractivity contribution in [2.45, 2.75) is 25.7 Å². The SMILES string of the molecule is CN1CCN(C(=O)CCC2CCCN(C(=O)c3cccc(N(C)C)c3)C2)CC1. The summed E-state index contributed by atoms with van der Waals surface area (Å²) in [7, 11) is 6.07. The smallest absolute Gasteiger partial charge is 0.253 e. The summed E-state index contributed by atoms with van der Waals surface area (Å²) in [6.07, 6.45) is 3.61. The van der Waals surface area contributed by atoms with Gasteiger partial charge in [0.2, 0.25) is 5.91 Å². The minimum atomic E-state index is 0.110. The van der Waals surface area contributed by atoms with E-state index in [1.807, 2.05) is 53.1 Å². The van der Waals surface area contributed by atoms with Gasteiger partial charge in [-0.3, -0.25) is 9.59 Å². The van der Waals surface area contributed by atoms with Gasteiger partial charge >= 0.3 is 0 Å². The van der Waals surface area contributed by atoms with Crippen molar-refractivity contribution in [1.29, 1.82) is 0 Å². The number of likely N-dealkylation sites (tertiary alicyclic amines) is 1. The highest BCUT2D eigenvalue weighted by atomic mass is 16.2. The Hall–Kier alpha value is -2.08. The second kappa shape index (κ2) is 9.41. The number of carbonyl (C=O) groups excluding carboxylic acids is 2. The highest BCUT2D eigenvalue weighted by Gasteiger charge is 2.26. The molecule has 0 radical (unpaired) electrons. The highest BCUT2D eigenvalue weighted by molar-refractivity contribution is 5.95. The van der Waals surface area contributed by atoms with Gasteiger partial charge in [-0.1, -0.05) is 6.07 Å². The number of hydrogen-bond acceptors (Lipinski definition) is 4. The number of rotatable bonds is 5. The molecule has 1 aromatic carbocycles. The van der Waals surface area contributed by atoms with Crippen LogP contribution < -0.4 is 4.90 Å². The van der Waals surface area contributed by atoms with Crippen LogP contribution in [0.15, 0.2) is 24.3 Å². The number of piperidine rings is 1. The van der Waals surface area contributed by atoms with Gasteiger partial charge in [0.25, 0.3) is 5.91 Å². The Morgan fingerprint density at radius 1 is 1.07 bits per heavy atom. The van der Waals surface area contributed by atoms with Gasteiger partial charge in [0.05, 0.1) is 0 Å². The van der Waals surface area contributed by atoms with Crippen LogP contribution in [0.3, 0.4) is 0 Å². The van der Waals surface area contributed by atoms with E-state index in [0.717, 1.165) is 69.8 Å². The zero-order chi connectivity index (χ0) is 20.1. The highest BCUT2D eigenvalue weighted by Crippen LogP contribution is 2.24. The third-order valence-electron chi connectivity index (χ3n) is 6.04. The van der Waals surface area contributed by atoms with Crippen LogP contribution in [0.25, 0.3) is 0 Å². The molecule has 1 atom stereocenters. The van der Waals surface area contributed by atoms with E-state index in [-0.39, 0.29) is 11.8 Å². The van der Waals surface area contributed by atoms with Crippen LogP contribution >= 0.6 is 0 Å². The summed E-state index contributed by atoms with van der Waals surface area (Å²) in [6, 6.07) is 7.82. The maximum absolute atomic E-state index is 13.0. The quantitative estimate of drug-likeness (QED) is 0.778. The van der Waals surface area contributed by atoms with Gasteiger partial charge in [-0.05, 0) is 50.4 Å². The van der Waals surface area contributed by atoms with Crippen molar-refractivity contribution < 1.29 is 9.59 Å². The Balaban J connectivity index is 1.51. The van der Waals surface area contributed by atoms with E-state index in [9.17, 15) is 9.59 Å². The fraction of sp³-hybridized carbons (Fsp3) is 0.636. The molecule has 0 saturated carbocycles. The summed E-state index contributed by atoms with van der Waals surface area (Å²) < 4.78 is 0. The molecule has 3 rings (SSSR count). The fourth-order valence-corrected chi connectivity index (χ4v) is 4.13. The van der Waals surface area contributed by atoms with Crippen LogP contribution in [0.4, 0.5) is 5.69 Å².